The van der Waals surface area contributed by atoms with Crippen molar-refractivity contribution in [3.05, 3.63) is 29.3 Å². The van der Waals surface area contributed by atoms with Crippen LogP contribution in [0.4, 0.5) is 0 Å². The Bertz CT molecular complexity index is 712. The van der Waals surface area contributed by atoms with Crippen LogP contribution in [0.25, 0.3) is 0 Å². The average Bonchev–Trinajstić information content (AvgIpc) is 3.07. The Morgan fingerprint density at radius 1 is 1.31 bits per heavy atom. The summed E-state index contributed by atoms with van der Waals surface area (Å²) in [5.41, 5.74) is 2.72. The van der Waals surface area contributed by atoms with Crippen molar-refractivity contribution in [3.8, 4) is 5.75 Å². The predicted molar refractivity (Wildman–Crippen MR) is 105 cm³/mol. The summed E-state index contributed by atoms with van der Waals surface area (Å²) in [4.78, 5) is 2.55. The lowest BCUT2D eigenvalue weighted by Gasteiger charge is -2.36. The molecule has 1 aromatic carbocycles. The number of benzene rings is 1. The Morgan fingerprint density at radius 2 is 2.04 bits per heavy atom. The van der Waals surface area contributed by atoms with E-state index in [9.17, 15) is 8.42 Å². The first-order chi connectivity index (χ1) is 12.4. The van der Waals surface area contributed by atoms with E-state index in [4.69, 9.17) is 4.74 Å². The van der Waals surface area contributed by atoms with E-state index in [1.807, 2.05) is 0 Å². The number of piperidine rings is 1. The second kappa shape index (κ2) is 8.28. The van der Waals surface area contributed by atoms with E-state index in [1.165, 1.54) is 17.4 Å². The molecule has 0 spiro atoms. The van der Waals surface area contributed by atoms with Crippen LogP contribution in [-0.4, -0.2) is 62.7 Å². The van der Waals surface area contributed by atoms with Gasteiger partial charge in [0.15, 0.2) is 0 Å². The average molecular weight is 381 g/mol. The zero-order valence-corrected chi connectivity index (χ0v) is 17.1. The molecule has 1 fully saturated rings. The van der Waals surface area contributed by atoms with Crippen molar-refractivity contribution in [3.63, 3.8) is 0 Å². The van der Waals surface area contributed by atoms with E-state index in [0.717, 1.165) is 51.1 Å². The fraction of sp³-hybridized carbons (Fsp3) is 0.700. The van der Waals surface area contributed by atoms with Crippen molar-refractivity contribution in [2.24, 2.45) is 5.92 Å². The summed E-state index contributed by atoms with van der Waals surface area (Å²) >= 11 is 0. The van der Waals surface area contributed by atoms with E-state index in [-0.39, 0.29) is 0 Å². The monoisotopic (exact) mass is 380 g/mol. The minimum atomic E-state index is -3.04. The molecule has 0 saturated carbocycles. The largest absolute Gasteiger partial charge is 0.493 e. The quantitative estimate of drug-likeness (QED) is 0.729. The maximum atomic E-state index is 11.7. The Morgan fingerprint density at radius 3 is 2.69 bits per heavy atom. The van der Waals surface area contributed by atoms with Gasteiger partial charge < -0.3 is 9.64 Å². The van der Waals surface area contributed by atoms with Crippen molar-refractivity contribution in [2.75, 3.05) is 39.0 Å². The molecule has 2 heterocycles. The van der Waals surface area contributed by atoms with Crippen LogP contribution in [0.15, 0.2) is 18.2 Å². The molecule has 5 nitrogen and oxygen atoms in total. The predicted octanol–water partition coefficient (Wildman–Crippen LogP) is 2.55. The van der Waals surface area contributed by atoms with E-state index in [0.29, 0.717) is 25.0 Å². The van der Waals surface area contributed by atoms with Crippen LogP contribution in [0.5, 0.6) is 5.75 Å². The van der Waals surface area contributed by atoms with Crippen LogP contribution in [0, 0.1) is 5.92 Å². The Balaban J connectivity index is 1.53. The molecule has 1 atom stereocenters. The number of likely N-dealkylation sites (N-methyl/N-ethyl adjacent to an activating group) is 1. The minimum Gasteiger partial charge on any atom is -0.493 e. The molecule has 1 saturated heterocycles. The Hall–Kier alpha value is -1.11. The molecular weight excluding hydrogens is 348 g/mol. The highest BCUT2D eigenvalue weighted by Gasteiger charge is 2.27. The second-order valence-electron chi connectivity index (χ2n) is 7.79. The fourth-order valence-corrected chi connectivity index (χ4v) is 5.09. The molecule has 146 valence electrons. The van der Waals surface area contributed by atoms with Crippen molar-refractivity contribution < 1.29 is 13.2 Å². The van der Waals surface area contributed by atoms with E-state index < -0.39 is 10.0 Å². The van der Waals surface area contributed by atoms with Crippen LogP contribution < -0.4 is 4.74 Å². The molecule has 0 radical (unpaired) electrons. The van der Waals surface area contributed by atoms with Crippen LogP contribution in [0.1, 0.15) is 37.8 Å². The molecule has 2 aliphatic rings. The third kappa shape index (κ3) is 4.78. The Kier molecular flexibility index (Phi) is 6.25. The van der Waals surface area contributed by atoms with Gasteiger partial charge in [-0.3, -0.25) is 0 Å². The molecular formula is C20H32N2O3S. The lowest BCUT2D eigenvalue weighted by atomic mass is 9.96. The summed E-state index contributed by atoms with van der Waals surface area (Å²) in [7, 11) is -3.04. The first-order valence-electron chi connectivity index (χ1n) is 9.80. The van der Waals surface area contributed by atoms with Gasteiger partial charge in [0.05, 0.1) is 12.9 Å². The first-order valence-corrected chi connectivity index (χ1v) is 11.7. The highest BCUT2D eigenvalue weighted by molar-refractivity contribution is 7.88. The summed E-state index contributed by atoms with van der Waals surface area (Å²) in [5, 5.41) is 0. The molecule has 0 amide bonds. The molecule has 3 rings (SSSR count). The smallest absolute Gasteiger partial charge is 0.211 e. The van der Waals surface area contributed by atoms with Crippen molar-refractivity contribution in [1.82, 2.24) is 9.21 Å². The molecule has 0 bridgehead atoms. The van der Waals surface area contributed by atoms with Crippen LogP contribution in [0.2, 0.25) is 0 Å². The topological polar surface area (TPSA) is 49.9 Å². The molecule has 2 aliphatic heterocycles. The van der Waals surface area contributed by atoms with Gasteiger partial charge in [-0.15, -0.1) is 0 Å². The molecule has 6 heteroatoms. The van der Waals surface area contributed by atoms with Crippen molar-refractivity contribution in [2.45, 2.75) is 45.6 Å². The number of sulfonamides is 1. The fourth-order valence-electron chi connectivity index (χ4n) is 4.21. The van der Waals surface area contributed by atoms with Gasteiger partial charge in [0.2, 0.25) is 10.0 Å². The van der Waals surface area contributed by atoms with Crippen LogP contribution in [-0.2, 0) is 22.9 Å². The molecule has 0 aromatic heterocycles. The SMILES string of the molecule is CCN(CC1CCN(S(C)(=O)=O)CC1)C(C)Cc1ccc2c(c1)CCO2. The third-order valence-electron chi connectivity index (χ3n) is 5.85. The number of fused-ring (bicyclic) bond motifs is 1. The van der Waals surface area contributed by atoms with Crippen LogP contribution >= 0.6 is 0 Å². The number of rotatable bonds is 7. The van der Waals surface area contributed by atoms with E-state index >= 15 is 0 Å². The lowest BCUT2D eigenvalue weighted by Crippen LogP contribution is -2.43. The lowest BCUT2D eigenvalue weighted by molar-refractivity contribution is 0.152. The van der Waals surface area contributed by atoms with Gasteiger partial charge in [-0.2, -0.15) is 0 Å². The number of ether oxygens (including phenoxy) is 1. The van der Waals surface area contributed by atoms with Crippen molar-refractivity contribution in [1.29, 1.82) is 0 Å². The van der Waals surface area contributed by atoms with Crippen LogP contribution in [0.3, 0.4) is 0 Å². The highest BCUT2D eigenvalue weighted by Crippen LogP contribution is 2.27. The number of hydrogen-bond donors (Lipinski definition) is 0. The van der Waals surface area contributed by atoms with Crippen molar-refractivity contribution >= 4 is 10.0 Å². The molecule has 0 aliphatic carbocycles. The van der Waals surface area contributed by atoms with Gasteiger partial charge in [-0.25, -0.2) is 12.7 Å². The maximum Gasteiger partial charge on any atom is 0.211 e. The van der Waals surface area contributed by atoms with E-state index in [2.05, 4.69) is 36.9 Å². The van der Waals surface area contributed by atoms with Gasteiger partial charge >= 0.3 is 0 Å². The third-order valence-corrected chi connectivity index (χ3v) is 7.15. The molecule has 1 unspecified atom stereocenters. The van der Waals surface area contributed by atoms with Gasteiger partial charge in [0, 0.05) is 32.1 Å². The number of nitrogens with zero attached hydrogens (tertiary/aromatic N) is 2. The first kappa shape index (κ1) is 19.6. The zero-order chi connectivity index (χ0) is 18.7. The Labute approximate surface area is 158 Å². The zero-order valence-electron chi connectivity index (χ0n) is 16.3. The summed E-state index contributed by atoms with van der Waals surface area (Å²) in [6.07, 6.45) is 5.31. The van der Waals surface area contributed by atoms with Gasteiger partial charge in [0.25, 0.3) is 0 Å². The summed E-state index contributed by atoms with van der Waals surface area (Å²) in [6, 6.07) is 7.09. The molecule has 0 N–H and O–H groups in total. The standard InChI is InChI=1S/C20H32N2O3S/c1-4-21(15-17-7-10-22(11-8-17)26(3,23)24)16(2)13-18-5-6-20-19(14-18)9-12-25-20/h5-6,14,16-17H,4,7-13,15H2,1-3H3. The normalized spacial score (nSPS) is 20.2. The summed E-state index contributed by atoms with van der Waals surface area (Å²) in [5.74, 6) is 1.63. The van der Waals surface area contributed by atoms with E-state index in [1.54, 1.807) is 4.31 Å². The summed E-state index contributed by atoms with van der Waals surface area (Å²) < 4.78 is 30.6. The van der Waals surface area contributed by atoms with Gasteiger partial charge in [0.1, 0.15) is 5.75 Å². The van der Waals surface area contributed by atoms with Gasteiger partial charge in [-0.1, -0.05) is 19.1 Å². The summed E-state index contributed by atoms with van der Waals surface area (Å²) in [6.45, 7) is 8.75. The molecule has 1 aromatic rings. The second-order valence-corrected chi connectivity index (χ2v) is 9.77. The molecule has 26 heavy (non-hydrogen) atoms. The maximum absolute atomic E-state index is 11.7. The number of hydrogen-bond acceptors (Lipinski definition) is 4. The minimum absolute atomic E-state index is 0.480. The van der Waals surface area contributed by atoms with Gasteiger partial charge in [-0.05, 0) is 55.8 Å². The highest BCUT2D eigenvalue weighted by atomic mass is 32.2.